The zero-order valence-corrected chi connectivity index (χ0v) is 19.7. The van der Waals surface area contributed by atoms with Crippen molar-refractivity contribution in [3.8, 4) is 0 Å². The summed E-state index contributed by atoms with van der Waals surface area (Å²) in [6, 6.07) is 22.1. The van der Waals surface area contributed by atoms with E-state index >= 15 is 0 Å². The van der Waals surface area contributed by atoms with E-state index in [1.165, 1.54) is 23.8 Å². The van der Waals surface area contributed by atoms with E-state index in [0.717, 1.165) is 18.4 Å². The van der Waals surface area contributed by atoms with E-state index in [0.29, 0.717) is 36.4 Å². The number of methoxy groups -OCH3 is 1. The molecule has 7 heteroatoms. The number of anilines is 1. The molecule has 2 heterocycles. The van der Waals surface area contributed by atoms with Gasteiger partial charge in [0.25, 0.3) is 5.91 Å². The number of ether oxygens (including phenoxy) is 1. The van der Waals surface area contributed by atoms with E-state index in [1.54, 1.807) is 12.4 Å². The molecular weight excluding hydrogens is 440 g/mol. The molecule has 0 spiro atoms. The molecule has 3 aromatic carbocycles. The second-order valence-electron chi connectivity index (χ2n) is 8.79. The summed E-state index contributed by atoms with van der Waals surface area (Å²) in [6.07, 6.45) is 3.42. The maximum absolute atomic E-state index is 13.9. The van der Waals surface area contributed by atoms with E-state index in [1.807, 2.05) is 45.9 Å². The highest BCUT2D eigenvalue weighted by atomic mass is 16.5. The molecule has 1 N–H and O–H groups in total. The van der Waals surface area contributed by atoms with Crippen molar-refractivity contribution in [3.63, 3.8) is 0 Å². The van der Waals surface area contributed by atoms with Crippen LogP contribution in [0, 0.1) is 0 Å². The standard InChI is InChI=1S/C28H28N4O3/c1-35-18-26(33)30-23-15-24(28(34)31-14-12-21-9-5-6-10-22(21)17-31)27-25(16-23)29-19-32(27)13-11-20-7-3-2-4-8-20/h2-10,15-16,19H,11-14,17-18H2,1H3,(H,30,33). The maximum atomic E-state index is 13.9. The first kappa shape index (κ1) is 22.8. The lowest BCUT2D eigenvalue weighted by molar-refractivity contribution is -0.119. The van der Waals surface area contributed by atoms with E-state index < -0.39 is 0 Å². The molecule has 4 aromatic rings. The number of aromatic nitrogens is 2. The lowest BCUT2D eigenvalue weighted by atomic mass is 9.99. The summed E-state index contributed by atoms with van der Waals surface area (Å²) in [5.41, 5.74) is 6.22. The molecule has 0 unspecified atom stereocenters. The number of nitrogens with zero attached hydrogens (tertiary/aromatic N) is 3. The smallest absolute Gasteiger partial charge is 0.256 e. The average molecular weight is 469 g/mol. The van der Waals surface area contributed by atoms with Gasteiger partial charge >= 0.3 is 0 Å². The van der Waals surface area contributed by atoms with Crippen molar-refractivity contribution in [2.45, 2.75) is 25.9 Å². The number of nitrogens with one attached hydrogen (secondary N) is 1. The van der Waals surface area contributed by atoms with E-state index in [4.69, 9.17) is 4.74 Å². The van der Waals surface area contributed by atoms with Gasteiger partial charge in [-0.15, -0.1) is 0 Å². The number of hydrogen-bond donors (Lipinski definition) is 1. The lowest BCUT2D eigenvalue weighted by Crippen LogP contribution is -2.36. The molecular formula is C28H28N4O3. The van der Waals surface area contributed by atoms with Crippen molar-refractivity contribution in [1.82, 2.24) is 14.5 Å². The third kappa shape index (κ3) is 4.95. The Hall–Kier alpha value is -3.97. The third-order valence-electron chi connectivity index (χ3n) is 6.40. The summed E-state index contributed by atoms with van der Waals surface area (Å²) in [4.78, 5) is 32.5. The van der Waals surface area contributed by atoms with Gasteiger partial charge in [0.1, 0.15) is 6.61 Å². The number of rotatable bonds is 7. The van der Waals surface area contributed by atoms with Crippen LogP contribution in [0.3, 0.4) is 0 Å². The normalized spacial score (nSPS) is 13.0. The molecule has 1 aliphatic heterocycles. The van der Waals surface area contributed by atoms with E-state index in [9.17, 15) is 9.59 Å². The highest BCUT2D eigenvalue weighted by Crippen LogP contribution is 2.28. The molecule has 0 saturated heterocycles. The van der Waals surface area contributed by atoms with E-state index in [-0.39, 0.29) is 18.4 Å². The topological polar surface area (TPSA) is 76.5 Å². The highest BCUT2D eigenvalue weighted by molar-refractivity contribution is 6.07. The summed E-state index contributed by atoms with van der Waals surface area (Å²) in [7, 11) is 1.47. The first-order chi connectivity index (χ1) is 17.1. The number of aryl methyl sites for hydroxylation is 2. The van der Waals surface area contributed by atoms with Crippen LogP contribution in [0.1, 0.15) is 27.0 Å². The number of amides is 2. The van der Waals surface area contributed by atoms with Crippen molar-refractivity contribution in [1.29, 1.82) is 0 Å². The molecule has 1 aromatic heterocycles. The Kier molecular flexibility index (Phi) is 6.59. The van der Waals surface area contributed by atoms with Crippen LogP contribution in [0.15, 0.2) is 73.1 Å². The Morgan fingerprint density at radius 3 is 2.60 bits per heavy atom. The zero-order chi connectivity index (χ0) is 24.2. The predicted molar refractivity (Wildman–Crippen MR) is 135 cm³/mol. The van der Waals surface area contributed by atoms with Crippen LogP contribution in [-0.4, -0.2) is 46.5 Å². The van der Waals surface area contributed by atoms with Gasteiger partial charge in [-0.05, 0) is 41.7 Å². The maximum Gasteiger partial charge on any atom is 0.256 e. The van der Waals surface area contributed by atoms with E-state index in [2.05, 4.69) is 34.6 Å². The molecule has 0 atom stereocenters. The van der Waals surface area contributed by atoms with Crippen LogP contribution in [0.4, 0.5) is 5.69 Å². The lowest BCUT2D eigenvalue weighted by Gasteiger charge is -2.29. The van der Waals surface area contributed by atoms with Gasteiger partial charge in [0.05, 0.1) is 22.9 Å². The number of benzene rings is 3. The van der Waals surface area contributed by atoms with Crippen LogP contribution in [0.2, 0.25) is 0 Å². The number of imidazole rings is 1. The number of hydrogen-bond acceptors (Lipinski definition) is 4. The Labute approximate surface area is 204 Å². The molecule has 0 radical (unpaired) electrons. The fourth-order valence-corrected chi connectivity index (χ4v) is 4.68. The SMILES string of the molecule is COCC(=O)Nc1cc(C(=O)N2CCc3ccccc3C2)c2c(c1)ncn2CCc1ccccc1. The predicted octanol–water partition coefficient (Wildman–Crippen LogP) is 4.06. The Morgan fingerprint density at radius 2 is 1.80 bits per heavy atom. The summed E-state index contributed by atoms with van der Waals surface area (Å²) in [5, 5.41) is 2.83. The number of fused-ring (bicyclic) bond motifs is 2. The average Bonchev–Trinajstić information content (AvgIpc) is 3.30. The molecule has 2 amide bonds. The summed E-state index contributed by atoms with van der Waals surface area (Å²) in [6.45, 7) is 1.85. The van der Waals surface area contributed by atoms with Crippen LogP contribution in [-0.2, 0) is 35.5 Å². The van der Waals surface area contributed by atoms with Crippen molar-refractivity contribution in [2.75, 3.05) is 25.6 Å². The van der Waals surface area contributed by atoms with Crippen molar-refractivity contribution < 1.29 is 14.3 Å². The molecule has 1 aliphatic rings. The molecule has 0 bridgehead atoms. The number of carbonyl (C=O) groups excluding carboxylic acids is 2. The molecule has 7 nitrogen and oxygen atoms in total. The fraction of sp³-hybridized carbons (Fsp3) is 0.250. The molecule has 35 heavy (non-hydrogen) atoms. The van der Waals surface area contributed by atoms with Gasteiger partial charge in [0.15, 0.2) is 0 Å². The Morgan fingerprint density at radius 1 is 1.03 bits per heavy atom. The van der Waals surface area contributed by atoms with Crippen LogP contribution in [0.25, 0.3) is 11.0 Å². The van der Waals surface area contributed by atoms with Gasteiger partial charge in [-0.3, -0.25) is 9.59 Å². The van der Waals surface area contributed by atoms with Gasteiger partial charge in [0.2, 0.25) is 5.91 Å². The molecule has 178 valence electrons. The molecule has 0 aliphatic carbocycles. The second-order valence-corrected chi connectivity index (χ2v) is 8.79. The van der Waals surface area contributed by atoms with Crippen LogP contribution < -0.4 is 5.32 Å². The van der Waals surface area contributed by atoms with Gasteiger partial charge in [-0.1, -0.05) is 54.6 Å². The zero-order valence-electron chi connectivity index (χ0n) is 19.7. The Bertz CT molecular complexity index is 1360. The molecule has 5 rings (SSSR count). The molecule has 0 saturated carbocycles. The van der Waals surface area contributed by atoms with Crippen LogP contribution >= 0.6 is 0 Å². The number of carbonyl (C=O) groups is 2. The van der Waals surface area contributed by atoms with Gasteiger partial charge in [-0.2, -0.15) is 0 Å². The fourth-order valence-electron chi connectivity index (χ4n) is 4.68. The van der Waals surface area contributed by atoms with Gasteiger partial charge in [0, 0.05) is 32.4 Å². The summed E-state index contributed by atoms with van der Waals surface area (Å²) in [5.74, 6) is -0.338. The summed E-state index contributed by atoms with van der Waals surface area (Å²) < 4.78 is 6.98. The molecule has 0 fully saturated rings. The monoisotopic (exact) mass is 468 g/mol. The first-order valence-corrected chi connectivity index (χ1v) is 11.8. The van der Waals surface area contributed by atoms with Crippen molar-refractivity contribution in [2.24, 2.45) is 0 Å². The first-order valence-electron chi connectivity index (χ1n) is 11.8. The minimum atomic E-state index is -0.277. The third-order valence-corrected chi connectivity index (χ3v) is 6.40. The summed E-state index contributed by atoms with van der Waals surface area (Å²) >= 11 is 0. The minimum absolute atomic E-state index is 0.0598. The van der Waals surface area contributed by atoms with Crippen molar-refractivity contribution >= 4 is 28.5 Å². The largest absolute Gasteiger partial charge is 0.375 e. The highest BCUT2D eigenvalue weighted by Gasteiger charge is 2.25. The van der Waals surface area contributed by atoms with Gasteiger partial charge in [-0.25, -0.2) is 4.98 Å². The Balaban J connectivity index is 1.50. The van der Waals surface area contributed by atoms with Crippen molar-refractivity contribution in [3.05, 3.63) is 95.3 Å². The second kappa shape index (κ2) is 10.1. The minimum Gasteiger partial charge on any atom is -0.375 e. The quantitative estimate of drug-likeness (QED) is 0.444. The van der Waals surface area contributed by atoms with Gasteiger partial charge < -0.3 is 19.5 Å². The van der Waals surface area contributed by atoms with Crippen LogP contribution in [0.5, 0.6) is 0 Å².